The molecule has 3 heteroatoms. The summed E-state index contributed by atoms with van der Waals surface area (Å²) in [4.78, 5) is 0. The summed E-state index contributed by atoms with van der Waals surface area (Å²) in [5, 5.41) is 18.7. The van der Waals surface area contributed by atoms with E-state index in [1.165, 1.54) is 6.07 Å². The van der Waals surface area contributed by atoms with Gasteiger partial charge in [0.15, 0.2) is 0 Å². The number of benzene rings is 1. The standard InChI is InChI=1S/C12H19NO2/c1-2-3-4-5-11(13)10-7-6-9(14)8-12(10)15/h6-8,11,14-15H,2-5,13H2,1H3/t11-/m0/s1. The van der Waals surface area contributed by atoms with Crippen molar-refractivity contribution in [3.05, 3.63) is 23.8 Å². The van der Waals surface area contributed by atoms with E-state index in [1.54, 1.807) is 12.1 Å². The molecule has 0 saturated carbocycles. The van der Waals surface area contributed by atoms with Crippen LogP contribution in [0.1, 0.15) is 44.2 Å². The first kappa shape index (κ1) is 11.9. The molecule has 1 rings (SSSR count). The maximum absolute atomic E-state index is 9.58. The van der Waals surface area contributed by atoms with E-state index < -0.39 is 0 Å². The molecule has 0 aromatic heterocycles. The summed E-state index contributed by atoms with van der Waals surface area (Å²) in [6.45, 7) is 2.14. The van der Waals surface area contributed by atoms with Crippen molar-refractivity contribution in [2.45, 2.75) is 38.6 Å². The van der Waals surface area contributed by atoms with Gasteiger partial charge in [0.05, 0.1) is 0 Å². The van der Waals surface area contributed by atoms with Crippen molar-refractivity contribution >= 4 is 0 Å². The van der Waals surface area contributed by atoms with E-state index in [9.17, 15) is 5.11 Å². The number of hydrogen-bond acceptors (Lipinski definition) is 3. The molecule has 15 heavy (non-hydrogen) atoms. The van der Waals surface area contributed by atoms with E-state index in [2.05, 4.69) is 6.92 Å². The number of aromatic hydroxyl groups is 2. The summed E-state index contributed by atoms with van der Waals surface area (Å²) in [5.41, 5.74) is 6.66. The van der Waals surface area contributed by atoms with Crippen LogP contribution in [0.4, 0.5) is 0 Å². The lowest BCUT2D eigenvalue weighted by molar-refractivity contribution is 0.438. The zero-order chi connectivity index (χ0) is 11.3. The van der Waals surface area contributed by atoms with Gasteiger partial charge in [-0.2, -0.15) is 0 Å². The molecule has 0 bridgehead atoms. The van der Waals surface area contributed by atoms with E-state index >= 15 is 0 Å². The highest BCUT2D eigenvalue weighted by molar-refractivity contribution is 5.40. The van der Waals surface area contributed by atoms with Gasteiger partial charge in [0.1, 0.15) is 11.5 Å². The minimum Gasteiger partial charge on any atom is -0.508 e. The van der Waals surface area contributed by atoms with Crippen LogP contribution in [-0.2, 0) is 0 Å². The van der Waals surface area contributed by atoms with Gasteiger partial charge in [0.2, 0.25) is 0 Å². The molecular weight excluding hydrogens is 190 g/mol. The van der Waals surface area contributed by atoms with E-state index in [1.807, 2.05) is 0 Å². The first-order valence-electron chi connectivity index (χ1n) is 5.42. The molecule has 3 nitrogen and oxygen atoms in total. The lowest BCUT2D eigenvalue weighted by Crippen LogP contribution is -2.10. The molecule has 0 spiro atoms. The Morgan fingerprint density at radius 1 is 1.27 bits per heavy atom. The Balaban J connectivity index is 2.61. The second-order valence-corrected chi connectivity index (χ2v) is 3.85. The van der Waals surface area contributed by atoms with Gasteiger partial charge in [-0.15, -0.1) is 0 Å². The average molecular weight is 209 g/mol. The lowest BCUT2D eigenvalue weighted by atomic mass is 10.0. The molecule has 0 amide bonds. The van der Waals surface area contributed by atoms with E-state index in [0.717, 1.165) is 25.7 Å². The van der Waals surface area contributed by atoms with Crippen molar-refractivity contribution in [3.8, 4) is 11.5 Å². The van der Waals surface area contributed by atoms with Crippen molar-refractivity contribution in [3.63, 3.8) is 0 Å². The molecule has 0 radical (unpaired) electrons. The van der Waals surface area contributed by atoms with Crippen LogP contribution in [0.2, 0.25) is 0 Å². The number of unbranched alkanes of at least 4 members (excludes halogenated alkanes) is 2. The fraction of sp³-hybridized carbons (Fsp3) is 0.500. The second kappa shape index (κ2) is 5.61. The Kier molecular flexibility index (Phi) is 4.43. The fourth-order valence-electron chi connectivity index (χ4n) is 1.62. The van der Waals surface area contributed by atoms with Crippen molar-refractivity contribution in [1.82, 2.24) is 0 Å². The maximum atomic E-state index is 9.58. The Bertz CT molecular complexity index is 312. The topological polar surface area (TPSA) is 66.5 Å². The van der Waals surface area contributed by atoms with Gasteiger partial charge < -0.3 is 15.9 Å². The first-order chi connectivity index (χ1) is 7.15. The van der Waals surface area contributed by atoms with Gasteiger partial charge in [-0.25, -0.2) is 0 Å². The highest BCUT2D eigenvalue weighted by Gasteiger charge is 2.10. The second-order valence-electron chi connectivity index (χ2n) is 3.85. The summed E-state index contributed by atoms with van der Waals surface area (Å²) in [6, 6.07) is 4.42. The summed E-state index contributed by atoms with van der Waals surface area (Å²) in [5.74, 6) is 0.149. The van der Waals surface area contributed by atoms with Gasteiger partial charge in [-0.1, -0.05) is 32.3 Å². The van der Waals surface area contributed by atoms with E-state index in [0.29, 0.717) is 5.56 Å². The van der Waals surface area contributed by atoms with E-state index in [-0.39, 0.29) is 17.5 Å². The molecule has 0 aliphatic rings. The van der Waals surface area contributed by atoms with Gasteiger partial charge >= 0.3 is 0 Å². The monoisotopic (exact) mass is 209 g/mol. The molecule has 1 aromatic carbocycles. The third kappa shape index (κ3) is 3.44. The summed E-state index contributed by atoms with van der Waals surface area (Å²) >= 11 is 0. The van der Waals surface area contributed by atoms with Crippen LogP contribution in [0.3, 0.4) is 0 Å². The number of rotatable bonds is 5. The van der Waals surface area contributed by atoms with Crippen LogP contribution in [0, 0.1) is 0 Å². The summed E-state index contributed by atoms with van der Waals surface area (Å²) < 4.78 is 0. The van der Waals surface area contributed by atoms with Crippen LogP contribution in [0.25, 0.3) is 0 Å². The van der Waals surface area contributed by atoms with Gasteiger partial charge in [0.25, 0.3) is 0 Å². The van der Waals surface area contributed by atoms with Crippen molar-refractivity contribution in [2.24, 2.45) is 5.73 Å². The average Bonchev–Trinajstić information content (AvgIpc) is 2.17. The maximum Gasteiger partial charge on any atom is 0.124 e. The predicted octanol–water partition coefficient (Wildman–Crippen LogP) is 2.68. The Labute approximate surface area is 90.5 Å². The molecule has 4 N–H and O–H groups in total. The van der Waals surface area contributed by atoms with Crippen LogP contribution < -0.4 is 5.73 Å². The zero-order valence-corrected chi connectivity index (χ0v) is 9.11. The van der Waals surface area contributed by atoms with Gasteiger partial charge in [0, 0.05) is 17.7 Å². The molecule has 84 valence electrons. The van der Waals surface area contributed by atoms with Crippen LogP contribution in [0.15, 0.2) is 18.2 Å². The number of nitrogens with two attached hydrogens (primary N) is 1. The molecule has 0 aliphatic carbocycles. The Morgan fingerprint density at radius 3 is 2.60 bits per heavy atom. The SMILES string of the molecule is CCCCC[C@H](N)c1ccc(O)cc1O. The number of phenolic OH excluding ortho intramolecular Hbond substituents is 2. The third-order valence-corrected chi connectivity index (χ3v) is 2.53. The van der Waals surface area contributed by atoms with Crippen LogP contribution >= 0.6 is 0 Å². The fourth-order valence-corrected chi connectivity index (χ4v) is 1.62. The molecule has 0 saturated heterocycles. The minimum atomic E-state index is -0.142. The summed E-state index contributed by atoms with van der Waals surface area (Å²) in [6.07, 6.45) is 4.25. The van der Waals surface area contributed by atoms with Crippen LogP contribution in [-0.4, -0.2) is 10.2 Å². The molecule has 0 heterocycles. The molecular formula is C12H19NO2. The van der Waals surface area contributed by atoms with Crippen LogP contribution in [0.5, 0.6) is 11.5 Å². The van der Waals surface area contributed by atoms with Crippen molar-refractivity contribution < 1.29 is 10.2 Å². The summed E-state index contributed by atoms with van der Waals surface area (Å²) in [7, 11) is 0. The number of phenols is 2. The molecule has 1 atom stereocenters. The molecule has 0 aliphatic heterocycles. The Morgan fingerprint density at radius 2 is 2.00 bits per heavy atom. The lowest BCUT2D eigenvalue weighted by Gasteiger charge is -2.13. The molecule has 0 fully saturated rings. The first-order valence-corrected chi connectivity index (χ1v) is 5.42. The largest absolute Gasteiger partial charge is 0.508 e. The normalized spacial score (nSPS) is 12.7. The molecule has 1 aromatic rings. The Hall–Kier alpha value is -1.22. The van der Waals surface area contributed by atoms with Gasteiger partial charge in [-0.05, 0) is 12.5 Å². The molecule has 0 unspecified atom stereocenters. The highest BCUT2D eigenvalue weighted by Crippen LogP contribution is 2.29. The third-order valence-electron chi connectivity index (χ3n) is 2.53. The predicted molar refractivity (Wildman–Crippen MR) is 60.8 cm³/mol. The van der Waals surface area contributed by atoms with E-state index in [4.69, 9.17) is 10.8 Å². The quantitative estimate of drug-likeness (QED) is 0.653. The minimum absolute atomic E-state index is 0.0667. The highest BCUT2D eigenvalue weighted by atomic mass is 16.3. The van der Waals surface area contributed by atoms with Crippen molar-refractivity contribution in [2.75, 3.05) is 0 Å². The number of hydrogen-bond donors (Lipinski definition) is 3. The smallest absolute Gasteiger partial charge is 0.124 e. The van der Waals surface area contributed by atoms with Crippen molar-refractivity contribution in [1.29, 1.82) is 0 Å². The van der Waals surface area contributed by atoms with Gasteiger partial charge in [-0.3, -0.25) is 0 Å². The zero-order valence-electron chi connectivity index (χ0n) is 9.11.